The molecule has 0 aromatic heterocycles. The number of amides is 1. The molecule has 2 N–H and O–H groups in total. The fourth-order valence-electron chi connectivity index (χ4n) is 1.51. The smallest absolute Gasteiger partial charge is 0.322 e. The molecule has 0 aromatic rings. The van der Waals surface area contributed by atoms with Crippen molar-refractivity contribution < 1.29 is 14.7 Å². The van der Waals surface area contributed by atoms with E-state index in [1.54, 1.807) is 0 Å². The molecule has 0 aromatic carbocycles. The number of hydrogen-bond donors (Lipinski definition) is 2. The van der Waals surface area contributed by atoms with Gasteiger partial charge in [0.1, 0.15) is 6.54 Å². The van der Waals surface area contributed by atoms with Crippen molar-refractivity contribution in [3.63, 3.8) is 0 Å². The SMILES string of the molecule is CC(C)CC(C)(C)C(=O)NCC(=O)O. The van der Waals surface area contributed by atoms with E-state index in [2.05, 4.69) is 5.32 Å². The molecule has 0 aliphatic rings. The van der Waals surface area contributed by atoms with Gasteiger partial charge in [-0.2, -0.15) is 0 Å². The molecule has 0 atom stereocenters. The van der Waals surface area contributed by atoms with Crippen LogP contribution in [0.1, 0.15) is 34.1 Å². The van der Waals surface area contributed by atoms with Crippen LogP contribution in [-0.4, -0.2) is 23.5 Å². The number of aliphatic carboxylic acids is 1. The van der Waals surface area contributed by atoms with Crippen LogP contribution < -0.4 is 5.32 Å². The van der Waals surface area contributed by atoms with Crippen molar-refractivity contribution in [1.29, 1.82) is 0 Å². The quantitative estimate of drug-likeness (QED) is 0.703. The van der Waals surface area contributed by atoms with Gasteiger partial charge in [-0.15, -0.1) is 0 Å². The molecular weight excluding hydrogens is 182 g/mol. The summed E-state index contributed by atoms with van der Waals surface area (Å²) < 4.78 is 0. The van der Waals surface area contributed by atoms with Crippen molar-refractivity contribution >= 4 is 11.9 Å². The molecule has 0 fully saturated rings. The molecule has 0 radical (unpaired) electrons. The molecule has 0 saturated heterocycles. The first-order valence-electron chi connectivity index (χ1n) is 4.76. The van der Waals surface area contributed by atoms with Crippen LogP contribution in [0.4, 0.5) is 0 Å². The summed E-state index contributed by atoms with van der Waals surface area (Å²) in [6.07, 6.45) is 0.748. The van der Waals surface area contributed by atoms with Crippen LogP contribution in [0.25, 0.3) is 0 Å². The van der Waals surface area contributed by atoms with Crippen molar-refractivity contribution in [2.75, 3.05) is 6.54 Å². The Hall–Kier alpha value is -1.06. The Morgan fingerprint density at radius 3 is 2.21 bits per heavy atom. The van der Waals surface area contributed by atoms with E-state index in [4.69, 9.17) is 5.11 Å². The summed E-state index contributed by atoms with van der Waals surface area (Å²) in [4.78, 5) is 21.8. The molecule has 1 amide bonds. The van der Waals surface area contributed by atoms with Crippen LogP contribution >= 0.6 is 0 Å². The van der Waals surface area contributed by atoms with E-state index < -0.39 is 11.4 Å². The van der Waals surface area contributed by atoms with E-state index in [1.165, 1.54) is 0 Å². The molecule has 0 unspecified atom stereocenters. The lowest BCUT2D eigenvalue weighted by Gasteiger charge is -2.24. The van der Waals surface area contributed by atoms with E-state index in [0.717, 1.165) is 6.42 Å². The normalized spacial score (nSPS) is 11.5. The second-order valence-corrected chi connectivity index (χ2v) is 4.56. The first kappa shape index (κ1) is 12.9. The van der Waals surface area contributed by atoms with Gasteiger partial charge in [0, 0.05) is 5.41 Å². The molecule has 82 valence electrons. The molecule has 0 aliphatic heterocycles. The molecule has 0 bridgehead atoms. The van der Waals surface area contributed by atoms with Gasteiger partial charge in [-0.05, 0) is 12.3 Å². The second kappa shape index (κ2) is 4.98. The van der Waals surface area contributed by atoms with Gasteiger partial charge in [-0.25, -0.2) is 0 Å². The van der Waals surface area contributed by atoms with Crippen molar-refractivity contribution in [3.8, 4) is 0 Å². The van der Waals surface area contributed by atoms with Crippen LogP contribution in [0, 0.1) is 11.3 Å². The van der Waals surface area contributed by atoms with Gasteiger partial charge < -0.3 is 10.4 Å². The average molecular weight is 201 g/mol. The minimum atomic E-state index is -1.02. The standard InChI is InChI=1S/C10H19NO3/c1-7(2)5-10(3,4)9(14)11-6-8(12)13/h7H,5-6H2,1-4H3,(H,11,14)(H,12,13). The lowest BCUT2D eigenvalue weighted by molar-refractivity contribution is -0.139. The number of carboxylic acids is 1. The Morgan fingerprint density at radius 1 is 1.36 bits per heavy atom. The average Bonchev–Trinajstić information content (AvgIpc) is 1.97. The predicted octanol–water partition coefficient (Wildman–Crippen LogP) is 1.26. The van der Waals surface area contributed by atoms with E-state index in [1.807, 2.05) is 27.7 Å². The van der Waals surface area contributed by atoms with Gasteiger partial charge in [0.05, 0.1) is 0 Å². The molecule has 0 spiro atoms. The van der Waals surface area contributed by atoms with Gasteiger partial charge in [0.25, 0.3) is 0 Å². The van der Waals surface area contributed by atoms with Crippen molar-refractivity contribution in [2.45, 2.75) is 34.1 Å². The predicted molar refractivity (Wildman–Crippen MR) is 53.9 cm³/mol. The Balaban J connectivity index is 4.14. The molecule has 4 heteroatoms. The lowest BCUT2D eigenvalue weighted by Crippen LogP contribution is -2.40. The largest absolute Gasteiger partial charge is 0.480 e. The van der Waals surface area contributed by atoms with Crippen molar-refractivity contribution in [3.05, 3.63) is 0 Å². The fourth-order valence-corrected chi connectivity index (χ4v) is 1.51. The zero-order valence-corrected chi connectivity index (χ0v) is 9.26. The van der Waals surface area contributed by atoms with E-state index in [9.17, 15) is 9.59 Å². The molecule has 4 nitrogen and oxygen atoms in total. The van der Waals surface area contributed by atoms with Gasteiger partial charge in [-0.1, -0.05) is 27.7 Å². The summed E-state index contributed by atoms with van der Waals surface area (Å²) in [5.74, 6) is -0.798. The Bertz CT molecular complexity index is 221. The van der Waals surface area contributed by atoms with Crippen molar-refractivity contribution in [2.24, 2.45) is 11.3 Å². The van der Waals surface area contributed by atoms with E-state index in [-0.39, 0.29) is 12.5 Å². The highest BCUT2D eigenvalue weighted by molar-refractivity contribution is 5.85. The number of carbonyl (C=O) groups is 2. The Labute approximate surface area is 84.7 Å². The first-order chi connectivity index (χ1) is 6.25. The van der Waals surface area contributed by atoms with Crippen LogP contribution in [0.15, 0.2) is 0 Å². The lowest BCUT2D eigenvalue weighted by atomic mass is 9.83. The van der Waals surface area contributed by atoms with Gasteiger partial charge in [0.2, 0.25) is 5.91 Å². The number of rotatable bonds is 5. The molecule has 14 heavy (non-hydrogen) atoms. The molecule has 0 heterocycles. The van der Waals surface area contributed by atoms with Crippen LogP contribution in [0.5, 0.6) is 0 Å². The molecular formula is C10H19NO3. The Morgan fingerprint density at radius 2 is 1.86 bits per heavy atom. The monoisotopic (exact) mass is 201 g/mol. The van der Waals surface area contributed by atoms with Crippen LogP contribution in [-0.2, 0) is 9.59 Å². The van der Waals surface area contributed by atoms with Gasteiger partial charge >= 0.3 is 5.97 Å². The highest BCUT2D eigenvalue weighted by Gasteiger charge is 2.28. The third-order valence-corrected chi connectivity index (χ3v) is 1.93. The second-order valence-electron chi connectivity index (χ2n) is 4.56. The van der Waals surface area contributed by atoms with Gasteiger partial charge in [0.15, 0.2) is 0 Å². The summed E-state index contributed by atoms with van der Waals surface area (Å²) in [5.41, 5.74) is -0.496. The zero-order valence-electron chi connectivity index (χ0n) is 9.26. The van der Waals surface area contributed by atoms with E-state index in [0.29, 0.717) is 5.92 Å². The number of carboxylic acid groups (broad SMARTS) is 1. The van der Waals surface area contributed by atoms with Crippen molar-refractivity contribution in [1.82, 2.24) is 5.32 Å². The summed E-state index contributed by atoms with van der Waals surface area (Å²) in [7, 11) is 0. The minimum Gasteiger partial charge on any atom is -0.480 e. The zero-order chi connectivity index (χ0) is 11.4. The maximum atomic E-state index is 11.5. The summed E-state index contributed by atoms with van der Waals surface area (Å²) >= 11 is 0. The fraction of sp³-hybridized carbons (Fsp3) is 0.800. The van der Waals surface area contributed by atoms with Crippen LogP contribution in [0.3, 0.4) is 0 Å². The minimum absolute atomic E-state index is 0.200. The molecule has 0 saturated carbocycles. The Kier molecular flexibility index (Phi) is 4.60. The molecule has 0 aliphatic carbocycles. The third kappa shape index (κ3) is 4.84. The highest BCUT2D eigenvalue weighted by atomic mass is 16.4. The van der Waals surface area contributed by atoms with Crippen LogP contribution in [0.2, 0.25) is 0 Å². The number of nitrogens with one attached hydrogen (secondary N) is 1. The number of hydrogen-bond acceptors (Lipinski definition) is 2. The van der Waals surface area contributed by atoms with E-state index >= 15 is 0 Å². The summed E-state index contributed by atoms with van der Waals surface area (Å²) in [5, 5.41) is 10.8. The topological polar surface area (TPSA) is 66.4 Å². The number of carbonyl (C=O) groups excluding carboxylic acids is 1. The summed E-state index contributed by atoms with van der Waals surface area (Å²) in [6.45, 7) is 7.41. The molecule has 0 rings (SSSR count). The van der Waals surface area contributed by atoms with Gasteiger partial charge in [-0.3, -0.25) is 9.59 Å². The maximum absolute atomic E-state index is 11.5. The summed E-state index contributed by atoms with van der Waals surface area (Å²) in [6, 6.07) is 0. The maximum Gasteiger partial charge on any atom is 0.322 e. The highest BCUT2D eigenvalue weighted by Crippen LogP contribution is 2.25. The third-order valence-electron chi connectivity index (χ3n) is 1.93. The first-order valence-corrected chi connectivity index (χ1v) is 4.76.